The Balaban J connectivity index is 0.00000242. The number of morpholine rings is 1. The van der Waals surface area contributed by atoms with Gasteiger partial charge in [0, 0.05) is 24.8 Å². The molecule has 1 aliphatic heterocycles. The Hall–Kier alpha value is -0.860. The smallest absolute Gasteiger partial charge is 0.193 e. The van der Waals surface area contributed by atoms with Gasteiger partial charge in [-0.3, -0.25) is 9.89 Å². The molecule has 2 rings (SSSR count). The zero-order valence-corrected chi connectivity index (χ0v) is 15.7. The summed E-state index contributed by atoms with van der Waals surface area (Å²) < 4.78 is 5.42. The average Bonchev–Trinajstić information content (AvgIpc) is 2.49. The van der Waals surface area contributed by atoms with E-state index >= 15 is 0 Å². The molecule has 1 aliphatic rings. The van der Waals surface area contributed by atoms with Crippen LogP contribution in [-0.2, 0) is 4.74 Å². The zero-order valence-electron chi connectivity index (χ0n) is 13.4. The van der Waals surface area contributed by atoms with Gasteiger partial charge in [0.15, 0.2) is 5.96 Å². The van der Waals surface area contributed by atoms with Crippen molar-refractivity contribution in [2.75, 3.05) is 38.2 Å². The number of rotatable bonds is 5. The van der Waals surface area contributed by atoms with Gasteiger partial charge in [0.2, 0.25) is 0 Å². The lowest BCUT2D eigenvalue weighted by Gasteiger charge is -2.36. The summed E-state index contributed by atoms with van der Waals surface area (Å²) in [5.41, 5.74) is 6.94. The molecule has 0 saturated carbocycles. The third-order valence-corrected chi connectivity index (χ3v) is 3.78. The summed E-state index contributed by atoms with van der Waals surface area (Å²) in [6, 6.07) is 10.3. The molecule has 0 aromatic heterocycles. The van der Waals surface area contributed by atoms with Crippen LogP contribution in [0.15, 0.2) is 35.3 Å². The highest BCUT2D eigenvalue weighted by Crippen LogP contribution is 2.13. The summed E-state index contributed by atoms with van der Waals surface area (Å²) in [5, 5.41) is 3.12. The van der Waals surface area contributed by atoms with Crippen LogP contribution < -0.4 is 11.1 Å². The number of nitrogens with zero attached hydrogens (tertiary/aromatic N) is 2. The summed E-state index contributed by atoms with van der Waals surface area (Å²) in [5.74, 6) is 1.01. The Morgan fingerprint density at radius 1 is 1.27 bits per heavy atom. The van der Waals surface area contributed by atoms with Gasteiger partial charge in [-0.25, -0.2) is 0 Å². The van der Waals surface area contributed by atoms with Crippen molar-refractivity contribution >= 4 is 35.6 Å². The molecule has 1 heterocycles. The summed E-state index contributed by atoms with van der Waals surface area (Å²) in [6.07, 6.45) is 0. The van der Waals surface area contributed by atoms with Crippen LogP contribution in [0, 0.1) is 5.92 Å². The van der Waals surface area contributed by atoms with E-state index in [4.69, 9.17) is 10.5 Å². The van der Waals surface area contributed by atoms with Crippen molar-refractivity contribution in [3.63, 3.8) is 0 Å². The molecule has 0 amide bonds. The lowest BCUT2D eigenvalue weighted by molar-refractivity contribution is 0.00870. The Morgan fingerprint density at radius 2 is 1.91 bits per heavy atom. The molecule has 1 aromatic rings. The first-order valence-corrected chi connectivity index (χ1v) is 7.60. The number of halogens is 1. The number of benzene rings is 1. The van der Waals surface area contributed by atoms with Gasteiger partial charge < -0.3 is 15.8 Å². The number of para-hydroxylation sites is 1. The van der Waals surface area contributed by atoms with E-state index in [0.717, 1.165) is 32.0 Å². The van der Waals surface area contributed by atoms with E-state index in [0.29, 0.717) is 24.5 Å². The predicted octanol–water partition coefficient (Wildman–Crippen LogP) is 2.39. The largest absolute Gasteiger partial charge is 0.379 e. The minimum atomic E-state index is 0. The fourth-order valence-corrected chi connectivity index (χ4v) is 2.56. The van der Waals surface area contributed by atoms with Crippen LogP contribution >= 0.6 is 24.0 Å². The number of guanidine groups is 1. The van der Waals surface area contributed by atoms with E-state index in [-0.39, 0.29) is 24.0 Å². The molecule has 1 fully saturated rings. The van der Waals surface area contributed by atoms with Gasteiger partial charge in [0.05, 0.1) is 19.8 Å². The van der Waals surface area contributed by atoms with Gasteiger partial charge in [-0.1, -0.05) is 32.0 Å². The van der Waals surface area contributed by atoms with Crippen molar-refractivity contribution in [3.05, 3.63) is 30.3 Å². The molecule has 0 bridgehead atoms. The molecule has 1 saturated heterocycles. The number of anilines is 1. The molecule has 1 aromatic carbocycles. The first-order valence-electron chi connectivity index (χ1n) is 7.60. The van der Waals surface area contributed by atoms with Crippen molar-refractivity contribution in [1.29, 1.82) is 0 Å². The average molecular weight is 418 g/mol. The van der Waals surface area contributed by atoms with Gasteiger partial charge in [-0.2, -0.15) is 0 Å². The highest BCUT2D eigenvalue weighted by atomic mass is 127. The molecule has 124 valence electrons. The van der Waals surface area contributed by atoms with E-state index in [1.807, 2.05) is 30.3 Å². The van der Waals surface area contributed by atoms with Crippen LogP contribution in [0.5, 0.6) is 0 Å². The molecule has 0 spiro atoms. The topological polar surface area (TPSA) is 62.9 Å². The van der Waals surface area contributed by atoms with Crippen LogP contribution in [0.1, 0.15) is 13.8 Å². The van der Waals surface area contributed by atoms with Gasteiger partial charge in [-0.05, 0) is 18.1 Å². The standard InChI is InChI=1S/C16H26N4O.HI/c1-13(2)15(20-8-10-21-11-9-20)12-18-16(17)19-14-6-4-3-5-7-14;/h3-7,13,15H,8-12H2,1-2H3,(H3,17,18,19);1H. The quantitative estimate of drug-likeness (QED) is 0.438. The summed E-state index contributed by atoms with van der Waals surface area (Å²) in [6.45, 7) is 8.75. The summed E-state index contributed by atoms with van der Waals surface area (Å²) in [4.78, 5) is 6.97. The van der Waals surface area contributed by atoms with Gasteiger partial charge in [-0.15, -0.1) is 24.0 Å². The van der Waals surface area contributed by atoms with Crippen LogP contribution in [-0.4, -0.2) is 49.7 Å². The first-order chi connectivity index (χ1) is 10.2. The third kappa shape index (κ3) is 6.10. The highest BCUT2D eigenvalue weighted by molar-refractivity contribution is 14.0. The SMILES string of the molecule is CC(C)C(CN=C(N)Nc1ccccc1)N1CCOCC1.I. The van der Waals surface area contributed by atoms with Crippen molar-refractivity contribution in [2.24, 2.45) is 16.6 Å². The first kappa shape index (κ1) is 19.2. The second-order valence-corrected chi connectivity index (χ2v) is 5.68. The highest BCUT2D eigenvalue weighted by Gasteiger charge is 2.23. The molecule has 22 heavy (non-hydrogen) atoms. The van der Waals surface area contributed by atoms with E-state index in [1.54, 1.807) is 0 Å². The summed E-state index contributed by atoms with van der Waals surface area (Å²) >= 11 is 0. The van der Waals surface area contributed by atoms with Crippen LogP contribution in [0.4, 0.5) is 5.69 Å². The molecule has 0 radical (unpaired) electrons. The maximum atomic E-state index is 5.98. The molecule has 1 unspecified atom stereocenters. The predicted molar refractivity (Wildman–Crippen MR) is 103 cm³/mol. The van der Waals surface area contributed by atoms with E-state index in [2.05, 4.69) is 29.1 Å². The molecule has 6 heteroatoms. The molecule has 5 nitrogen and oxygen atoms in total. The second kappa shape index (κ2) is 10.0. The second-order valence-electron chi connectivity index (χ2n) is 5.68. The molecular weight excluding hydrogens is 391 g/mol. The number of hydrogen-bond acceptors (Lipinski definition) is 3. The molecular formula is C16H27IN4O. The van der Waals surface area contributed by atoms with Gasteiger partial charge >= 0.3 is 0 Å². The maximum Gasteiger partial charge on any atom is 0.193 e. The van der Waals surface area contributed by atoms with E-state index in [1.165, 1.54) is 0 Å². The molecule has 3 N–H and O–H groups in total. The van der Waals surface area contributed by atoms with Crippen molar-refractivity contribution in [2.45, 2.75) is 19.9 Å². The number of nitrogens with one attached hydrogen (secondary N) is 1. The fourth-order valence-electron chi connectivity index (χ4n) is 2.56. The zero-order chi connectivity index (χ0) is 15.1. The van der Waals surface area contributed by atoms with Crippen molar-refractivity contribution < 1.29 is 4.74 Å². The lowest BCUT2D eigenvalue weighted by Crippen LogP contribution is -2.47. The number of hydrogen-bond donors (Lipinski definition) is 2. The van der Waals surface area contributed by atoms with Crippen molar-refractivity contribution in [1.82, 2.24) is 4.90 Å². The Bertz CT molecular complexity index is 447. The van der Waals surface area contributed by atoms with Gasteiger partial charge in [0.1, 0.15) is 0 Å². The van der Waals surface area contributed by atoms with E-state index in [9.17, 15) is 0 Å². The summed E-state index contributed by atoms with van der Waals surface area (Å²) in [7, 11) is 0. The molecule has 0 aliphatic carbocycles. The Morgan fingerprint density at radius 3 is 2.50 bits per heavy atom. The minimum Gasteiger partial charge on any atom is -0.379 e. The minimum absolute atomic E-state index is 0. The third-order valence-electron chi connectivity index (χ3n) is 3.78. The fraction of sp³-hybridized carbons (Fsp3) is 0.562. The van der Waals surface area contributed by atoms with Crippen molar-refractivity contribution in [3.8, 4) is 0 Å². The normalized spacial score (nSPS) is 17.9. The Labute approximate surface area is 150 Å². The molecule has 1 atom stereocenters. The lowest BCUT2D eigenvalue weighted by atomic mass is 10.0. The number of nitrogens with two attached hydrogens (primary N) is 1. The van der Waals surface area contributed by atoms with Gasteiger partial charge in [0.25, 0.3) is 0 Å². The monoisotopic (exact) mass is 418 g/mol. The maximum absolute atomic E-state index is 5.98. The van der Waals surface area contributed by atoms with E-state index < -0.39 is 0 Å². The number of ether oxygens (including phenoxy) is 1. The Kier molecular flexibility index (Phi) is 8.74. The van der Waals surface area contributed by atoms with Crippen LogP contribution in [0.2, 0.25) is 0 Å². The number of aliphatic imine (C=N–C) groups is 1. The van der Waals surface area contributed by atoms with Crippen LogP contribution in [0.3, 0.4) is 0 Å². The van der Waals surface area contributed by atoms with Crippen LogP contribution in [0.25, 0.3) is 0 Å².